The van der Waals surface area contributed by atoms with Crippen molar-refractivity contribution in [2.45, 2.75) is 38.6 Å². The van der Waals surface area contributed by atoms with Crippen molar-refractivity contribution >= 4 is 17.8 Å². The Bertz CT molecular complexity index is 694. The van der Waals surface area contributed by atoms with Gasteiger partial charge < -0.3 is 15.4 Å². The number of carbonyl (C=O) groups excluding carboxylic acids is 3. The van der Waals surface area contributed by atoms with Crippen molar-refractivity contribution in [2.24, 2.45) is 0 Å². The van der Waals surface area contributed by atoms with E-state index in [9.17, 15) is 14.4 Å². The van der Waals surface area contributed by atoms with Gasteiger partial charge in [-0.2, -0.15) is 0 Å². The minimum absolute atomic E-state index is 0.00526. The summed E-state index contributed by atoms with van der Waals surface area (Å²) in [7, 11) is 1.53. The number of nitrogens with one attached hydrogen (secondary N) is 2. The maximum absolute atomic E-state index is 12.8. The zero-order valence-electron chi connectivity index (χ0n) is 16.0. The van der Waals surface area contributed by atoms with Crippen LogP contribution in [0.1, 0.15) is 38.8 Å². The molecule has 0 radical (unpaired) electrons. The van der Waals surface area contributed by atoms with Crippen LogP contribution in [0, 0.1) is 0 Å². The maximum atomic E-state index is 12.8. The number of methoxy groups -OCH3 is 1. The van der Waals surface area contributed by atoms with E-state index in [0.29, 0.717) is 18.7 Å². The van der Waals surface area contributed by atoms with E-state index in [0.717, 1.165) is 10.5 Å². The first kappa shape index (κ1) is 19.9. The molecule has 142 valence electrons. The lowest BCUT2D eigenvalue weighted by atomic mass is 9.84. The molecule has 4 amide bonds. The summed E-state index contributed by atoms with van der Waals surface area (Å²) >= 11 is 0. The monoisotopic (exact) mass is 361 g/mol. The first-order valence-corrected chi connectivity index (χ1v) is 8.60. The Balaban J connectivity index is 2.14. The zero-order valence-corrected chi connectivity index (χ0v) is 16.0. The van der Waals surface area contributed by atoms with Crippen LogP contribution in [-0.2, 0) is 25.3 Å². The maximum Gasteiger partial charge on any atom is 0.325 e. The lowest BCUT2D eigenvalue weighted by molar-refractivity contribution is -0.134. The second-order valence-corrected chi connectivity index (χ2v) is 7.62. The van der Waals surface area contributed by atoms with E-state index in [-0.39, 0.29) is 12.0 Å². The Kier molecular flexibility index (Phi) is 5.71. The third-order valence-corrected chi connectivity index (χ3v) is 4.53. The van der Waals surface area contributed by atoms with Crippen molar-refractivity contribution in [3.63, 3.8) is 0 Å². The fourth-order valence-corrected chi connectivity index (χ4v) is 2.83. The SMILES string of the molecule is COCCNC(=O)CN1C(=O)N[C@@](C)(c2ccc(C(C)(C)C)cc2)C1=O. The molecule has 0 bridgehead atoms. The number of urea groups is 1. The third kappa shape index (κ3) is 4.04. The number of amides is 4. The summed E-state index contributed by atoms with van der Waals surface area (Å²) in [6, 6.07) is 7.04. The van der Waals surface area contributed by atoms with Crippen molar-refractivity contribution in [3.8, 4) is 0 Å². The summed E-state index contributed by atoms with van der Waals surface area (Å²) in [5.41, 5.74) is 0.636. The predicted molar refractivity (Wildman–Crippen MR) is 97.6 cm³/mol. The molecule has 1 aromatic carbocycles. The molecule has 1 saturated heterocycles. The molecule has 1 aromatic rings. The average molecular weight is 361 g/mol. The van der Waals surface area contributed by atoms with E-state index in [1.807, 2.05) is 24.3 Å². The molecule has 7 nitrogen and oxygen atoms in total. The molecule has 2 N–H and O–H groups in total. The summed E-state index contributed by atoms with van der Waals surface area (Å²) in [6.07, 6.45) is 0. The van der Waals surface area contributed by atoms with Crippen molar-refractivity contribution in [1.29, 1.82) is 0 Å². The van der Waals surface area contributed by atoms with Crippen LogP contribution < -0.4 is 10.6 Å². The molecule has 0 spiro atoms. The molecule has 1 fully saturated rings. The third-order valence-electron chi connectivity index (χ3n) is 4.53. The Hall–Kier alpha value is -2.41. The number of ether oxygens (including phenoxy) is 1. The smallest absolute Gasteiger partial charge is 0.325 e. The van der Waals surface area contributed by atoms with Gasteiger partial charge in [0.05, 0.1) is 6.61 Å². The number of benzene rings is 1. The highest BCUT2D eigenvalue weighted by molar-refractivity contribution is 6.09. The molecule has 1 atom stereocenters. The molecular weight excluding hydrogens is 334 g/mol. The van der Waals surface area contributed by atoms with Crippen LogP contribution in [0.2, 0.25) is 0 Å². The van der Waals surface area contributed by atoms with E-state index in [1.165, 1.54) is 7.11 Å². The Morgan fingerprint density at radius 2 is 1.85 bits per heavy atom. The average Bonchev–Trinajstić information content (AvgIpc) is 2.79. The molecule has 2 rings (SSSR count). The quantitative estimate of drug-likeness (QED) is 0.594. The van der Waals surface area contributed by atoms with Gasteiger partial charge in [-0.3, -0.25) is 14.5 Å². The van der Waals surface area contributed by atoms with Gasteiger partial charge >= 0.3 is 6.03 Å². The van der Waals surface area contributed by atoms with Gasteiger partial charge in [-0.05, 0) is 23.5 Å². The van der Waals surface area contributed by atoms with Crippen LogP contribution in [0.25, 0.3) is 0 Å². The van der Waals surface area contributed by atoms with Crippen molar-refractivity contribution < 1.29 is 19.1 Å². The first-order valence-electron chi connectivity index (χ1n) is 8.60. The van der Waals surface area contributed by atoms with E-state index >= 15 is 0 Å². The summed E-state index contributed by atoms with van der Waals surface area (Å²) < 4.78 is 4.85. The molecule has 26 heavy (non-hydrogen) atoms. The highest BCUT2D eigenvalue weighted by Crippen LogP contribution is 2.30. The topological polar surface area (TPSA) is 87.7 Å². The van der Waals surface area contributed by atoms with Crippen LogP contribution >= 0.6 is 0 Å². The number of carbonyl (C=O) groups is 3. The molecule has 1 aliphatic heterocycles. The van der Waals surface area contributed by atoms with Crippen LogP contribution in [0.5, 0.6) is 0 Å². The van der Waals surface area contributed by atoms with Gasteiger partial charge in [-0.15, -0.1) is 0 Å². The van der Waals surface area contributed by atoms with Crippen molar-refractivity contribution in [3.05, 3.63) is 35.4 Å². The molecule has 1 aliphatic rings. The van der Waals surface area contributed by atoms with Gasteiger partial charge in [0.15, 0.2) is 0 Å². The van der Waals surface area contributed by atoms with Gasteiger partial charge in [-0.25, -0.2) is 4.79 Å². The first-order chi connectivity index (χ1) is 12.1. The van der Waals surface area contributed by atoms with Crippen LogP contribution in [0.15, 0.2) is 24.3 Å². The van der Waals surface area contributed by atoms with E-state index < -0.39 is 23.4 Å². The van der Waals surface area contributed by atoms with E-state index in [1.54, 1.807) is 6.92 Å². The Morgan fingerprint density at radius 3 is 2.38 bits per heavy atom. The van der Waals surface area contributed by atoms with Gasteiger partial charge in [0.2, 0.25) is 5.91 Å². The van der Waals surface area contributed by atoms with E-state index in [2.05, 4.69) is 31.4 Å². The highest BCUT2D eigenvalue weighted by Gasteiger charge is 2.49. The predicted octanol–water partition coefficient (Wildman–Crippen LogP) is 1.51. The Morgan fingerprint density at radius 1 is 1.23 bits per heavy atom. The van der Waals surface area contributed by atoms with Gasteiger partial charge in [-0.1, -0.05) is 45.0 Å². The largest absolute Gasteiger partial charge is 0.383 e. The highest BCUT2D eigenvalue weighted by atomic mass is 16.5. The number of rotatable bonds is 6. The second-order valence-electron chi connectivity index (χ2n) is 7.62. The normalized spacial score (nSPS) is 20.3. The van der Waals surface area contributed by atoms with Gasteiger partial charge in [0.1, 0.15) is 12.1 Å². The van der Waals surface area contributed by atoms with Gasteiger partial charge in [0, 0.05) is 13.7 Å². The van der Waals surface area contributed by atoms with Crippen LogP contribution in [0.4, 0.5) is 4.79 Å². The van der Waals surface area contributed by atoms with Crippen LogP contribution in [-0.4, -0.2) is 49.6 Å². The summed E-state index contributed by atoms with van der Waals surface area (Å²) in [5, 5.41) is 5.31. The minimum Gasteiger partial charge on any atom is -0.383 e. The lowest BCUT2D eigenvalue weighted by Crippen LogP contribution is -2.43. The standard InChI is InChI=1S/C19H27N3O4/c1-18(2,3)13-6-8-14(9-7-13)19(4)16(24)22(17(25)21-19)12-15(23)20-10-11-26-5/h6-9H,10-12H2,1-5H3,(H,20,23)(H,21,25)/t19-/m0/s1. The number of imide groups is 1. The fourth-order valence-electron chi connectivity index (χ4n) is 2.83. The number of hydrogen-bond donors (Lipinski definition) is 2. The lowest BCUT2D eigenvalue weighted by Gasteiger charge is -2.24. The molecular formula is C19H27N3O4. The van der Waals surface area contributed by atoms with E-state index in [4.69, 9.17) is 4.74 Å². The summed E-state index contributed by atoms with van der Waals surface area (Å²) in [4.78, 5) is 37.9. The van der Waals surface area contributed by atoms with Gasteiger partial charge in [0.25, 0.3) is 5.91 Å². The summed E-state index contributed by atoms with van der Waals surface area (Å²) in [5.74, 6) is -0.842. The Labute approximate surface area is 154 Å². The van der Waals surface area contributed by atoms with Crippen molar-refractivity contribution in [2.75, 3.05) is 26.8 Å². The zero-order chi connectivity index (χ0) is 19.5. The number of hydrogen-bond acceptors (Lipinski definition) is 4. The van der Waals surface area contributed by atoms with Crippen molar-refractivity contribution in [1.82, 2.24) is 15.5 Å². The molecule has 1 heterocycles. The molecule has 7 heteroatoms. The molecule has 0 aromatic heterocycles. The van der Waals surface area contributed by atoms with Crippen LogP contribution in [0.3, 0.4) is 0 Å². The molecule has 0 aliphatic carbocycles. The number of nitrogens with zero attached hydrogens (tertiary/aromatic N) is 1. The molecule has 0 unspecified atom stereocenters. The fraction of sp³-hybridized carbons (Fsp3) is 0.526. The molecule has 0 saturated carbocycles. The summed E-state index contributed by atoms with van der Waals surface area (Å²) in [6.45, 7) is 8.35. The second kappa shape index (κ2) is 7.45. The minimum atomic E-state index is -1.18.